The van der Waals surface area contributed by atoms with E-state index in [4.69, 9.17) is 4.74 Å². The summed E-state index contributed by atoms with van der Waals surface area (Å²) in [5.41, 5.74) is 0.672. The molecule has 2 fully saturated rings. The second kappa shape index (κ2) is 10.8. The highest BCUT2D eigenvalue weighted by atomic mass is 16.5. The Hall–Kier alpha value is -0.0400. The van der Waals surface area contributed by atoms with Gasteiger partial charge >= 0.3 is 0 Å². The van der Waals surface area contributed by atoms with Gasteiger partial charge in [0.15, 0.2) is 0 Å². The molecule has 0 aromatic heterocycles. The normalized spacial score (nSPS) is 34.4. The number of rotatable bonds is 10. The second-order valence-electron chi connectivity index (χ2n) is 9.22. The molecule has 0 N–H and O–H groups in total. The molecular formula is C23H44O. The second-order valence-corrected chi connectivity index (χ2v) is 9.22. The Bertz CT molecular complexity index is 308. The van der Waals surface area contributed by atoms with E-state index in [1.54, 1.807) is 0 Å². The van der Waals surface area contributed by atoms with E-state index in [0.29, 0.717) is 11.5 Å². The Morgan fingerprint density at radius 1 is 0.750 bits per heavy atom. The third-order valence-electron chi connectivity index (χ3n) is 7.11. The minimum absolute atomic E-state index is 0.584. The number of unbranched alkanes of at least 4 members (excludes halogenated alkanes) is 4. The summed E-state index contributed by atoms with van der Waals surface area (Å²) in [5, 5.41) is 0. The van der Waals surface area contributed by atoms with Gasteiger partial charge in [-0.05, 0) is 81.5 Å². The van der Waals surface area contributed by atoms with Crippen molar-refractivity contribution >= 4 is 0 Å². The maximum Gasteiger partial charge on any atom is 0.0575 e. The molecule has 1 heteroatoms. The molecule has 0 amide bonds. The van der Waals surface area contributed by atoms with Crippen LogP contribution in [0.1, 0.15) is 117 Å². The molecule has 0 aromatic rings. The van der Waals surface area contributed by atoms with Gasteiger partial charge in [-0.2, -0.15) is 0 Å². The van der Waals surface area contributed by atoms with Gasteiger partial charge in [-0.15, -0.1) is 0 Å². The fourth-order valence-electron chi connectivity index (χ4n) is 5.19. The Morgan fingerprint density at radius 2 is 1.33 bits per heavy atom. The zero-order valence-corrected chi connectivity index (χ0v) is 17.0. The van der Waals surface area contributed by atoms with Crippen LogP contribution in [0.25, 0.3) is 0 Å². The van der Waals surface area contributed by atoms with Crippen molar-refractivity contribution in [2.75, 3.05) is 6.61 Å². The quantitative estimate of drug-likeness (QED) is 0.375. The summed E-state index contributed by atoms with van der Waals surface area (Å²) < 4.78 is 6.11. The standard InChI is InChI=1S/C23H44O/c1-4-6-8-16-23(3)17-14-21(15-18-23)20-10-12-22(13-11-20)24-19-9-7-5-2/h20-22H,4-19H2,1-3H3/t20?,21-,22?,23-. The summed E-state index contributed by atoms with van der Waals surface area (Å²) in [4.78, 5) is 0. The highest BCUT2D eigenvalue weighted by Crippen LogP contribution is 2.47. The van der Waals surface area contributed by atoms with Gasteiger partial charge in [-0.25, -0.2) is 0 Å². The highest BCUT2D eigenvalue weighted by Gasteiger charge is 2.35. The van der Waals surface area contributed by atoms with Crippen LogP contribution < -0.4 is 0 Å². The van der Waals surface area contributed by atoms with Gasteiger partial charge in [0.25, 0.3) is 0 Å². The first kappa shape index (κ1) is 20.3. The van der Waals surface area contributed by atoms with E-state index >= 15 is 0 Å². The summed E-state index contributed by atoms with van der Waals surface area (Å²) in [6.45, 7) is 8.16. The van der Waals surface area contributed by atoms with E-state index in [2.05, 4.69) is 20.8 Å². The SMILES string of the molecule is CCCCCOC1CCC([C@H]2CC[C@](C)(CCCCC)CC2)CC1. The highest BCUT2D eigenvalue weighted by molar-refractivity contribution is 4.87. The lowest BCUT2D eigenvalue weighted by Crippen LogP contribution is -2.31. The van der Waals surface area contributed by atoms with Crippen molar-refractivity contribution < 1.29 is 4.74 Å². The lowest BCUT2D eigenvalue weighted by Gasteiger charge is -2.42. The summed E-state index contributed by atoms with van der Waals surface area (Å²) in [5.74, 6) is 2.05. The van der Waals surface area contributed by atoms with Crippen LogP contribution in [-0.2, 0) is 4.74 Å². The van der Waals surface area contributed by atoms with Crippen molar-refractivity contribution in [2.45, 2.75) is 123 Å². The minimum atomic E-state index is 0.584. The van der Waals surface area contributed by atoms with Crippen molar-refractivity contribution in [1.29, 1.82) is 0 Å². The van der Waals surface area contributed by atoms with Gasteiger partial charge in [0.05, 0.1) is 6.10 Å². The molecule has 0 unspecified atom stereocenters. The van der Waals surface area contributed by atoms with Crippen LogP contribution in [0.2, 0.25) is 0 Å². The van der Waals surface area contributed by atoms with E-state index in [-0.39, 0.29) is 0 Å². The van der Waals surface area contributed by atoms with Gasteiger partial charge < -0.3 is 4.74 Å². The van der Waals surface area contributed by atoms with E-state index in [1.165, 1.54) is 96.3 Å². The minimum Gasteiger partial charge on any atom is -0.378 e. The Morgan fingerprint density at radius 3 is 1.96 bits per heavy atom. The Balaban J connectivity index is 1.61. The van der Waals surface area contributed by atoms with Crippen LogP contribution >= 0.6 is 0 Å². The zero-order chi connectivity index (χ0) is 17.3. The topological polar surface area (TPSA) is 9.23 Å². The van der Waals surface area contributed by atoms with Crippen molar-refractivity contribution in [1.82, 2.24) is 0 Å². The fourth-order valence-corrected chi connectivity index (χ4v) is 5.19. The molecule has 0 saturated heterocycles. The smallest absolute Gasteiger partial charge is 0.0575 e. The molecule has 0 aromatic carbocycles. The van der Waals surface area contributed by atoms with Crippen molar-refractivity contribution in [2.24, 2.45) is 17.3 Å². The molecule has 2 saturated carbocycles. The maximum atomic E-state index is 6.11. The first-order chi connectivity index (χ1) is 11.7. The summed E-state index contributed by atoms with van der Waals surface area (Å²) >= 11 is 0. The molecule has 0 radical (unpaired) electrons. The summed E-state index contributed by atoms with van der Waals surface area (Å²) in [6.07, 6.45) is 21.8. The Labute approximate surface area is 152 Å². The van der Waals surface area contributed by atoms with Crippen molar-refractivity contribution in [3.8, 4) is 0 Å². The molecule has 1 nitrogen and oxygen atoms in total. The van der Waals surface area contributed by atoms with Crippen LogP contribution in [0.3, 0.4) is 0 Å². The van der Waals surface area contributed by atoms with Gasteiger partial charge in [0, 0.05) is 6.61 Å². The fraction of sp³-hybridized carbons (Fsp3) is 1.00. The van der Waals surface area contributed by atoms with Crippen molar-refractivity contribution in [3.63, 3.8) is 0 Å². The van der Waals surface area contributed by atoms with Crippen LogP contribution in [0.15, 0.2) is 0 Å². The molecule has 0 heterocycles. The Kier molecular flexibility index (Phi) is 9.16. The molecular weight excluding hydrogens is 292 g/mol. The molecule has 0 aliphatic heterocycles. The molecule has 2 rings (SSSR count). The molecule has 24 heavy (non-hydrogen) atoms. The lowest BCUT2D eigenvalue weighted by atomic mass is 9.64. The zero-order valence-electron chi connectivity index (χ0n) is 17.0. The van der Waals surface area contributed by atoms with Crippen molar-refractivity contribution in [3.05, 3.63) is 0 Å². The van der Waals surface area contributed by atoms with Crippen LogP contribution in [0, 0.1) is 17.3 Å². The first-order valence-electron chi connectivity index (χ1n) is 11.3. The average Bonchev–Trinajstić information content (AvgIpc) is 2.60. The molecule has 0 bridgehead atoms. The van der Waals surface area contributed by atoms with Crippen LogP contribution in [0.5, 0.6) is 0 Å². The van der Waals surface area contributed by atoms with Gasteiger partial charge in [-0.3, -0.25) is 0 Å². The van der Waals surface area contributed by atoms with E-state index in [1.807, 2.05) is 0 Å². The third-order valence-corrected chi connectivity index (χ3v) is 7.11. The number of ether oxygens (including phenoxy) is 1. The maximum absolute atomic E-state index is 6.11. The van der Waals surface area contributed by atoms with Gasteiger partial charge in [0.2, 0.25) is 0 Å². The van der Waals surface area contributed by atoms with Crippen LogP contribution in [-0.4, -0.2) is 12.7 Å². The average molecular weight is 337 g/mol. The molecule has 0 atom stereocenters. The van der Waals surface area contributed by atoms with E-state index in [0.717, 1.165) is 18.4 Å². The van der Waals surface area contributed by atoms with E-state index in [9.17, 15) is 0 Å². The number of hydrogen-bond donors (Lipinski definition) is 0. The predicted molar refractivity (Wildman–Crippen MR) is 105 cm³/mol. The van der Waals surface area contributed by atoms with Crippen LogP contribution in [0.4, 0.5) is 0 Å². The first-order valence-corrected chi connectivity index (χ1v) is 11.3. The largest absolute Gasteiger partial charge is 0.378 e. The predicted octanol–water partition coefficient (Wildman–Crippen LogP) is 7.53. The molecule has 0 spiro atoms. The molecule has 142 valence electrons. The van der Waals surface area contributed by atoms with E-state index < -0.39 is 0 Å². The lowest BCUT2D eigenvalue weighted by molar-refractivity contribution is 0.00221. The monoisotopic (exact) mass is 336 g/mol. The number of hydrogen-bond acceptors (Lipinski definition) is 1. The third kappa shape index (κ3) is 6.70. The molecule has 2 aliphatic rings. The summed E-state index contributed by atoms with van der Waals surface area (Å²) in [6, 6.07) is 0. The summed E-state index contributed by atoms with van der Waals surface area (Å²) in [7, 11) is 0. The van der Waals surface area contributed by atoms with Gasteiger partial charge in [0.1, 0.15) is 0 Å². The van der Waals surface area contributed by atoms with Gasteiger partial charge in [-0.1, -0.05) is 52.9 Å². The molecule has 2 aliphatic carbocycles.